The number of nitrogens with zero attached hydrogens (tertiary/aromatic N) is 2. The van der Waals surface area contributed by atoms with E-state index < -0.39 is 0 Å². The molecule has 1 aromatic heterocycles. The molecule has 5 atom stereocenters. The number of methoxy groups -OCH3 is 1. The molecule has 5 unspecified atom stereocenters. The van der Waals surface area contributed by atoms with Crippen LogP contribution >= 0.6 is 27.5 Å². The predicted octanol–water partition coefficient (Wildman–Crippen LogP) is 6.87. The lowest BCUT2D eigenvalue weighted by Crippen LogP contribution is -2.66. The summed E-state index contributed by atoms with van der Waals surface area (Å²) in [7, 11) is 3.96. The summed E-state index contributed by atoms with van der Waals surface area (Å²) in [5.74, 6) is 4.24. The molecule has 2 heterocycles. The first-order chi connectivity index (χ1) is 16.4. The van der Waals surface area contributed by atoms with E-state index in [1.54, 1.807) is 18.4 Å². The van der Waals surface area contributed by atoms with Crippen molar-refractivity contribution >= 4 is 27.5 Å². The summed E-state index contributed by atoms with van der Waals surface area (Å²) in [6, 6.07) is 7.61. The van der Waals surface area contributed by atoms with Gasteiger partial charge in [-0.3, -0.25) is 4.90 Å². The van der Waals surface area contributed by atoms with Gasteiger partial charge in [0.25, 0.3) is 0 Å². The standard InChI is InChI=1S/C28H37BrN2O2S/c1-18(30(3)29)22-9-11-27(2)24-15-20-7-8-23(32-4)26(33-21-10-14-34-17-21)25(20)28(22,27)12-13-31(24)16-19-5-6-19/h7-8,10,14,17-19,22,24H,5-6,9,11-13,15-16H2,1-4H3. The van der Waals surface area contributed by atoms with Gasteiger partial charge < -0.3 is 9.47 Å². The van der Waals surface area contributed by atoms with Crippen LogP contribution in [-0.2, 0) is 11.8 Å². The Balaban J connectivity index is 1.56. The number of rotatable bonds is 7. The molecule has 1 aliphatic heterocycles. The van der Waals surface area contributed by atoms with E-state index in [0.29, 0.717) is 18.0 Å². The molecule has 2 saturated carbocycles. The number of benzene rings is 1. The van der Waals surface area contributed by atoms with Gasteiger partial charge in [0.05, 0.1) is 7.11 Å². The van der Waals surface area contributed by atoms with Crippen molar-refractivity contribution < 1.29 is 9.47 Å². The summed E-state index contributed by atoms with van der Waals surface area (Å²) < 4.78 is 14.9. The minimum Gasteiger partial charge on any atom is -0.493 e. The summed E-state index contributed by atoms with van der Waals surface area (Å²) in [5.41, 5.74) is 3.23. The summed E-state index contributed by atoms with van der Waals surface area (Å²) >= 11 is 5.51. The fourth-order valence-electron chi connectivity index (χ4n) is 8.03. The molecule has 1 saturated heterocycles. The van der Waals surface area contributed by atoms with Gasteiger partial charge in [-0.05, 0) is 99.4 Å². The molecule has 0 spiro atoms. The Morgan fingerprint density at radius 3 is 2.74 bits per heavy atom. The number of thiophene rings is 1. The van der Waals surface area contributed by atoms with Crippen molar-refractivity contribution in [1.82, 2.24) is 8.83 Å². The molecule has 1 aromatic carbocycles. The van der Waals surface area contributed by atoms with E-state index in [4.69, 9.17) is 9.47 Å². The van der Waals surface area contributed by atoms with E-state index in [1.165, 1.54) is 56.3 Å². The van der Waals surface area contributed by atoms with Crippen molar-refractivity contribution in [3.63, 3.8) is 0 Å². The Labute approximate surface area is 216 Å². The maximum absolute atomic E-state index is 6.71. The molecular weight excluding hydrogens is 508 g/mol. The van der Waals surface area contributed by atoms with Gasteiger partial charge in [0, 0.05) is 51.1 Å². The van der Waals surface area contributed by atoms with Gasteiger partial charge in [0.2, 0.25) is 0 Å². The fraction of sp³-hybridized carbons (Fsp3) is 0.643. The Hall–Kier alpha value is -1.08. The monoisotopic (exact) mass is 544 g/mol. The van der Waals surface area contributed by atoms with E-state index in [1.807, 2.05) is 0 Å². The van der Waals surface area contributed by atoms with Crippen LogP contribution < -0.4 is 9.47 Å². The molecule has 6 heteroatoms. The second-order valence-corrected chi connectivity index (χ2v) is 13.3. The number of fused-ring (bicyclic) bond motifs is 1. The summed E-state index contributed by atoms with van der Waals surface area (Å²) in [6.07, 6.45) is 7.70. The summed E-state index contributed by atoms with van der Waals surface area (Å²) in [6.45, 7) is 7.51. The number of hydrogen-bond donors (Lipinski definition) is 0. The lowest BCUT2D eigenvalue weighted by Gasteiger charge is -2.63. The number of ether oxygens (including phenoxy) is 2. The average molecular weight is 546 g/mol. The SMILES string of the molecule is COc1ccc2c(c1Oc1ccsc1)C13CCN(CC4CC4)C(C2)C1(C)CCC3C(C)N(C)Br. The van der Waals surface area contributed by atoms with Crippen LogP contribution in [0, 0.1) is 17.3 Å². The molecular formula is C28H37BrN2O2S. The minimum atomic E-state index is 0.0760. The van der Waals surface area contributed by atoms with Crippen LogP contribution in [0.15, 0.2) is 29.0 Å². The van der Waals surface area contributed by atoms with Gasteiger partial charge in [-0.15, -0.1) is 11.3 Å². The molecule has 34 heavy (non-hydrogen) atoms. The zero-order valence-electron chi connectivity index (χ0n) is 20.9. The summed E-state index contributed by atoms with van der Waals surface area (Å²) in [5, 5.41) is 4.19. The predicted molar refractivity (Wildman–Crippen MR) is 142 cm³/mol. The van der Waals surface area contributed by atoms with Gasteiger partial charge in [-0.1, -0.05) is 13.0 Å². The van der Waals surface area contributed by atoms with Gasteiger partial charge >= 0.3 is 0 Å². The Kier molecular flexibility index (Phi) is 5.83. The first kappa shape index (κ1) is 23.3. The third kappa shape index (κ3) is 3.35. The van der Waals surface area contributed by atoms with Crippen LogP contribution in [0.5, 0.6) is 17.2 Å². The first-order valence-corrected chi connectivity index (χ1v) is 14.6. The molecule has 2 bridgehead atoms. The highest BCUT2D eigenvalue weighted by atomic mass is 79.9. The normalized spacial score (nSPS) is 33.5. The van der Waals surface area contributed by atoms with Gasteiger partial charge in [0.15, 0.2) is 11.5 Å². The third-order valence-corrected chi connectivity index (χ3v) is 11.2. The zero-order chi connectivity index (χ0) is 23.7. The lowest BCUT2D eigenvalue weighted by molar-refractivity contribution is -0.0612. The fourth-order valence-corrected chi connectivity index (χ4v) is 8.86. The van der Waals surface area contributed by atoms with Crippen molar-refractivity contribution in [2.75, 3.05) is 27.2 Å². The highest BCUT2D eigenvalue weighted by Crippen LogP contribution is 2.70. The van der Waals surface area contributed by atoms with Gasteiger partial charge in [-0.25, -0.2) is 3.93 Å². The van der Waals surface area contributed by atoms with E-state index in [2.05, 4.69) is 74.8 Å². The highest BCUT2D eigenvalue weighted by molar-refractivity contribution is 9.07. The molecule has 0 amide bonds. The summed E-state index contributed by atoms with van der Waals surface area (Å²) in [4.78, 5) is 2.88. The van der Waals surface area contributed by atoms with E-state index in [0.717, 1.165) is 29.6 Å². The smallest absolute Gasteiger partial charge is 0.173 e. The third-order valence-electron chi connectivity index (χ3n) is 9.93. The molecule has 4 aliphatic rings. The van der Waals surface area contributed by atoms with E-state index in [9.17, 15) is 0 Å². The average Bonchev–Trinajstić information content (AvgIpc) is 3.36. The maximum Gasteiger partial charge on any atom is 0.173 e. The molecule has 0 radical (unpaired) electrons. The molecule has 184 valence electrons. The minimum absolute atomic E-state index is 0.0760. The Morgan fingerprint density at radius 1 is 1.24 bits per heavy atom. The second kappa shape index (κ2) is 8.50. The van der Waals surface area contributed by atoms with Crippen molar-refractivity contribution in [3.05, 3.63) is 40.1 Å². The van der Waals surface area contributed by atoms with E-state index >= 15 is 0 Å². The first-order valence-electron chi connectivity index (χ1n) is 12.9. The largest absolute Gasteiger partial charge is 0.493 e. The Bertz CT molecular complexity index is 1050. The topological polar surface area (TPSA) is 24.9 Å². The maximum atomic E-state index is 6.71. The molecule has 2 aromatic rings. The van der Waals surface area contributed by atoms with Gasteiger partial charge in [-0.2, -0.15) is 0 Å². The molecule has 6 rings (SSSR count). The number of likely N-dealkylation sites (tertiary alicyclic amines) is 1. The number of halogens is 1. The van der Waals surface area contributed by atoms with Crippen LogP contribution in [-0.4, -0.2) is 48.2 Å². The quantitative estimate of drug-likeness (QED) is 0.355. The van der Waals surface area contributed by atoms with Crippen molar-refractivity contribution in [3.8, 4) is 17.2 Å². The Morgan fingerprint density at radius 2 is 2.06 bits per heavy atom. The van der Waals surface area contributed by atoms with Gasteiger partial charge in [0.1, 0.15) is 5.75 Å². The number of hydrogen-bond acceptors (Lipinski definition) is 5. The molecule has 3 fully saturated rings. The van der Waals surface area contributed by atoms with E-state index in [-0.39, 0.29) is 10.8 Å². The van der Waals surface area contributed by atoms with Crippen LogP contribution in [0.25, 0.3) is 0 Å². The van der Waals surface area contributed by atoms with Crippen LogP contribution in [0.4, 0.5) is 0 Å². The van der Waals surface area contributed by atoms with Crippen molar-refractivity contribution in [2.24, 2.45) is 17.3 Å². The molecule has 3 aliphatic carbocycles. The zero-order valence-corrected chi connectivity index (χ0v) is 23.3. The second-order valence-electron chi connectivity index (χ2n) is 11.4. The van der Waals surface area contributed by atoms with Crippen molar-refractivity contribution in [1.29, 1.82) is 0 Å². The van der Waals surface area contributed by atoms with Crippen LogP contribution in [0.1, 0.15) is 57.1 Å². The highest BCUT2D eigenvalue weighted by Gasteiger charge is 2.68. The van der Waals surface area contributed by atoms with Crippen molar-refractivity contribution in [2.45, 2.75) is 69.9 Å². The van der Waals surface area contributed by atoms with Crippen LogP contribution in [0.3, 0.4) is 0 Å². The molecule has 4 nitrogen and oxygen atoms in total. The van der Waals surface area contributed by atoms with Crippen LogP contribution in [0.2, 0.25) is 0 Å². The molecule has 0 N–H and O–H groups in total. The number of piperidine rings is 1. The lowest BCUT2D eigenvalue weighted by atomic mass is 9.48.